The van der Waals surface area contributed by atoms with Crippen LogP contribution in [0.3, 0.4) is 0 Å². The van der Waals surface area contributed by atoms with E-state index in [0.29, 0.717) is 12.0 Å². The zero-order valence-corrected chi connectivity index (χ0v) is 7.64. The molecule has 11 heavy (non-hydrogen) atoms. The molecule has 2 N–H and O–H groups in total. The molecule has 0 aromatic heterocycles. The summed E-state index contributed by atoms with van der Waals surface area (Å²) in [5.41, 5.74) is 5.61. The van der Waals surface area contributed by atoms with Gasteiger partial charge in [0.1, 0.15) is 0 Å². The minimum absolute atomic E-state index is 0.324. The number of rotatable bonds is 5. The fraction of sp³-hybridized carbons (Fsp3) is 0.800. The van der Waals surface area contributed by atoms with Gasteiger partial charge in [0.2, 0.25) is 0 Å². The number of hydrogen-bond acceptors (Lipinski definition) is 1. The van der Waals surface area contributed by atoms with Gasteiger partial charge in [0.25, 0.3) is 0 Å². The van der Waals surface area contributed by atoms with Crippen LogP contribution in [0.5, 0.6) is 0 Å². The topological polar surface area (TPSA) is 26.0 Å². The van der Waals surface area contributed by atoms with Crippen LogP contribution in [0.1, 0.15) is 39.5 Å². The molecule has 1 heteroatoms. The van der Waals surface area contributed by atoms with E-state index < -0.39 is 0 Å². The average molecular weight is 153 g/mol. The Morgan fingerprint density at radius 2 is 2.09 bits per heavy atom. The van der Waals surface area contributed by atoms with Gasteiger partial charge in [-0.1, -0.05) is 13.3 Å². The van der Waals surface area contributed by atoms with E-state index in [1.807, 2.05) is 6.92 Å². The Morgan fingerprint density at radius 3 is 2.45 bits per heavy atom. The van der Waals surface area contributed by atoms with Gasteiger partial charge in [-0.15, -0.1) is 12.3 Å². The van der Waals surface area contributed by atoms with Gasteiger partial charge in [-0.25, -0.2) is 0 Å². The third kappa shape index (κ3) is 5.94. The van der Waals surface area contributed by atoms with Crippen LogP contribution in [0.15, 0.2) is 0 Å². The highest BCUT2D eigenvalue weighted by Crippen LogP contribution is 2.11. The van der Waals surface area contributed by atoms with Crippen molar-refractivity contribution < 1.29 is 0 Å². The molecule has 0 aliphatic carbocycles. The predicted molar refractivity (Wildman–Crippen MR) is 50.1 cm³/mol. The summed E-state index contributed by atoms with van der Waals surface area (Å²) < 4.78 is 0. The van der Waals surface area contributed by atoms with Crippen molar-refractivity contribution in [1.82, 2.24) is 0 Å². The summed E-state index contributed by atoms with van der Waals surface area (Å²) in [6.45, 7) is 4.17. The summed E-state index contributed by atoms with van der Waals surface area (Å²) >= 11 is 0. The lowest BCUT2D eigenvalue weighted by Crippen LogP contribution is -2.14. The van der Waals surface area contributed by atoms with E-state index in [1.165, 1.54) is 6.42 Å². The summed E-state index contributed by atoms with van der Waals surface area (Å²) in [6.07, 6.45) is 9.81. The van der Waals surface area contributed by atoms with E-state index in [4.69, 9.17) is 12.2 Å². The van der Waals surface area contributed by atoms with Crippen LogP contribution < -0.4 is 5.73 Å². The second kappa shape index (κ2) is 6.24. The van der Waals surface area contributed by atoms with Crippen molar-refractivity contribution in [1.29, 1.82) is 0 Å². The summed E-state index contributed by atoms with van der Waals surface area (Å²) in [4.78, 5) is 0. The van der Waals surface area contributed by atoms with E-state index in [-0.39, 0.29) is 0 Å². The maximum atomic E-state index is 5.61. The third-order valence-electron chi connectivity index (χ3n) is 1.94. The van der Waals surface area contributed by atoms with Crippen LogP contribution in [0, 0.1) is 18.3 Å². The molecule has 0 aliphatic rings. The molecule has 0 aliphatic heterocycles. The first kappa shape index (κ1) is 10.5. The lowest BCUT2D eigenvalue weighted by atomic mass is 9.99. The highest BCUT2D eigenvalue weighted by atomic mass is 14.6. The minimum atomic E-state index is 0.324. The maximum absolute atomic E-state index is 5.61. The average Bonchev–Trinajstić information content (AvgIpc) is 1.98. The summed E-state index contributed by atoms with van der Waals surface area (Å²) in [5.74, 6) is 3.25. The largest absolute Gasteiger partial charge is 0.328 e. The van der Waals surface area contributed by atoms with Crippen molar-refractivity contribution in [2.24, 2.45) is 11.7 Å². The molecule has 0 rings (SSSR count). The Hall–Kier alpha value is -0.480. The molecule has 0 spiro atoms. The SMILES string of the molecule is C#CC(CC)CCCC(C)N. The summed E-state index contributed by atoms with van der Waals surface area (Å²) in [6, 6.07) is 0.324. The summed E-state index contributed by atoms with van der Waals surface area (Å²) in [5, 5.41) is 0. The zero-order valence-electron chi connectivity index (χ0n) is 7.64. The van der Waals surface area contributed by atoms with Crippen molar-refractivity contribution in [2.45, 2.75) is 45.6 Å². The van der Waals surface area contributed by atoms with Gasteiger partial charge in [0, 0.05) is 12.0 Å². The molecule has 2 unspecified atom stereocenters. The van der Waals surface area contributed by atoms with Gasteiger partial charge < -0.3 is 5.73 Å². The van der Waals surface area contributed by atoms with Gasteiger partial charge in [0.15, 0.2) is 0 Å². The van der Waals surface area contributed by atoms with Crippen LogP contribution in [0.25, 0.3) is 0 Å². The highest BCUT2D eigenvalue weighted by Gasteiger charge is 2.01. The molecule has 1 nitrogen and oxygen atoms in total. The van der Waals surface area contributed by atoms with E-state index >= 15 is 0 Å². The lowest BCUT2D eigenvalue weighted by molar-refractivity contribution is 0.517. The standard InChI is InChI=1S/C10H19N/c1-4-10(5-2)8-6-7-9(3)11/h1,9-10H,5-8,11H2,2-3H3. The fourth-order valence-corrected chi connectivity index (χ4v) is 1.09. The molecular weight excluding hydrogens is 134 g/mol. The van der Waals surface area contributed by atoms with Crippen LogP contribution >= 0.6 is 0 Å². The second-order valence-electron chi connectivity index (χ2n) is 3.18. The van der Waals surface area contributed by atoms with Crippen molar-refractivity contribution in [3.63, 3.8) is 0 Å². The van der Waals surface area contributed by atoms with Crippen molar-refractivity contribution in [3.05, 3.63) is 0 Å². The Morgan fingerprint density at radius 1 is 1.45 bits per heavy atom. The smallest absolute Gasteiger partial charge is 0.0197 e. The van der Waals surface area contributed by atoms with Gasteiger partial charge in [-0.2, -0.15) is 0 Å². The summed E-state index contributed by atoms with van der Waals surface area (Å²) in [7, 11) is 0. The highest BCUT2D eigenvalue weighted by molar-refractivity contribution is 4.91. The molecule has 0 fully saturated rings. The van der Waals surface area contributed by atoms with E-state index in [0.717, 1.165) is 19.3 Å². The van der Waals surface area contributed by atoms with Crippen LogP contribution in [0.2, 0.25) is 0 Å². The van der Waals surface area contributed by atoms with Crippen molar-refractivity contribution in [3.8, 4) is 12.3 Å². The normalized spacial score (nSPS) is 15.5. The fourth-order valence-electron chi connectivity index (χ4n) is 1.09. The van der Waals surface area contributed by atoms with E-state index in [1.54, 1.807) is 0 Å². The Labute approximate surface area is 70.4 Å². The van der Waals surface area contributed by atoms with Crippen molar-refractivity contribution >= 4 is 0 Å². The molecule has 0 saturated carbocycles. The minimum Gasteiger partial charge on any atom is -0.328 e. The molecule has 0 bridgehead atoms. The molecule has 0 amide bonds. The molecule has 0 aromatic carbocycles. The van der Waals surface area contributed by atoms with Crippen molar-refractivity contribution in [2.75, 3.05) is 0 Å². The number of terminal acetylenes is 1. The Kier molecular flexibility index (Phi) is 5.97. The third-order valence-corrected chi connectivity index (χ3v) is 1.94. The van der Waals surface area contributed by atoms with Gasteiger partial charge in [-0.05, 0) is 26.2 Å². The number of nitrogens with two attached hydrogens (primary N) is 1. The molecule has 0 radical (unpaired) electrons. The van der Waals surface area contributed by atoms with Gasteiger partial charge in [0.05, 0.1) is 0 Å². The lowest BCUT2D eigenvalue weighted by Gasteiger charge is -2.08. The first-order valence-electron chi connectivity index (χ1n) is 4.42. The number of hydrogen-bond donors (Lipinski definition) is 1. The van der Waals surface area contributed by atoms with E-state index in [2.05, 4.69) is 12.8 Å². The Balaban J connectivity index is 3.30. The van der Waals surface area contributed by atoms with Crippen LogP contribution in [0.4, 0.5) is 0 Å². The molecular formula is C10H19N. The first-order chi connectivity index (χ1) is 5.20. The molecule has 64 valence electrons. The molecule has 0 aromatic rings. The maximum Gasteiger partial charge on any atom is 0.0197 e. The molecule has 0 heterocycles. The molecule has 2 atom stereocenters. The first-order valence-corrected chi connectivity index (χ1v) is 4.42. The predicted octanol–water partition coefficient (Wildman–Crippen LogP) is 2.16. The second-order valence-corrected chi connectivity index (χ2v) is 3.18. The van der Waals surface area contributed by atoms with Gasteiger partial charge in [-0.3, -0.25) is 0 Å². The molecule has 0 saturated heterocycles. The van der Waals surface area contributed by atoms with E-state index in [9.17, 15) is 0 Å². The quantitative estimate of drug-likeness (QED) is 0.602. The monoisotopic (exact) mass is 153 g/mol. The van der Waals surface area contributed by atoms with Gasteiger partial charge >= 0.3 is 0 Å². The zero-order chi connectivity index (χ0) is 8.69. The van der Waals surface area contributed by atoms with Crippen LogP contribution in [-0.2, 0) is 0 Å². The van der Waals surface area contributed by atoms with Crippen LogP contribution in [-0.4, -0.2) is 6.04 Å². The Bertz CT molecular complexity index is 121.